The maximum absolute atomic E-state index is 5.52. The molecule has 1 heterocycles. The smallest absolute Gasteiger partial charge is 0.0468 e. The normalized spacial score (nSPS) is 18.5. The molecule has 0 aromatic heterocycles. The van der Waals surface area contributed by atoms with Crippen molar-refractivity contribution in [2.24, 2.45) is 5.92 Å². The fraction of sp³-hybridized carbons (Fsp3) is 0.647. The highest BCUT2D eigenvalue weighted by Crippen LogP contribution is 2.35. The molecule has 0 amide bonds. The van der Waals surface area contributed by atoms with Crippen molar-refractivity contribution in [1.29, 1.82) is 0 Å². The van der Waals surface area contributed by atoms with Crippen LogP contribution >= 0.6 is 0 Å². The minimum atomic E-state index is 0.620. The van der Waals surface area contributed by atoms with Crippen LogP contribution in [0.2, 0.25) is 0 Å². The van der Waals surface area contributed by atoms with Gasteiger partial charge in [-0.2, -0.15) is 0 Å². The molecule has 1 fully saturated rings. The van der Waals surface area contributed by atoms with Crippen LogP contribution in [0.4, 0.5) is 0 Å². The molecule has 1 aliphatic heterocycles. The predicted octanol–water partition coefficient (Wildman–Crippen LogP) is 3.34. The molecule has 106 valence electrons. The van der Waals surface area contributed by atoms with Crippen molar-refractivity contribution in [2.75, 3.05) is 26.8 Å². The first-order valence-corrected chi connectivity index (χ1v) is 7.43. The highest BCUT2D eigenvalue weighted by molar-refractivity contribution is 5.40. The predicted molar refractivity (Wildman–Crippen MR) is 80.9 cm³/mol. The van der Waals surface area contributed by atoms with Crippen LogP contribution in [-0.2, 0) is 4.74 Å². The third-order valence-corrected chi connectivity index (χ3v) is 4.37. The van der Waals surface area contributed by atoms with E-state index in [0.29, 0.717) is 5.92 Å². The molecule has 2 nitrogen and oxygen atoms in total. The number of ether oxygens (including phenoxy) is 1. The summed E-state index contributed by atoms with van der Waals surface area (Å²) in [6.45, 7) is 9.62. The maximum Gasteiger partial charge on any atom is 0.0468 e. The summed E-state index contributed by atoms with van der Waals surface area (Å²) in [4.78, 5) is 0. The summed E-state index contributed by atoms with van der Waals surface area (Å²) in [5.74, 6) is 1.37. The van der Waals surface area contributed by atoms with Crippen LogP contribution < -0.4 is 5.32 Å². The molecule has 0 aliphatic carbocycles. The standard InChI is InChI=1S/C17H27NO/c1-12-9-13(2)17(14(3)10-12)16(11-18-4)15-5-7-19-8-6-15/h9-10,15-16,18H,5-8,11H2,1-4H3. The van der Waals surface area contributed by atoms with E-state index in [4.69, 9.17) is 4.74 Å². The van der Waals surface area contributed by atoms with Gasteiger partial charge < -0.3 is 10.1 Å². The number of hydrogen-bond acceptors (Lipinski definition) is 2. The van der Waals surface area contributed by atoms with E-state index in [1.165, 1.54) is 29.5 Å². The van der Waals surface area contributed by atoms with Gasteiger partial charge in [-0.3, -0.25) is 0 Å². The van der Waals surface area contributed by atoms with E-state index >= 15 is 0 Å². The first-order chi connectivity index (χ1) is 9.13. The maximum atomic E-state index is 5.52. The minimum Gasteiger partial charge on any atom is -0.381 e. The Morgan fingerprint density at radius 3 is 2.26 bits per heavy atom. The average molecular weight is 261 g/mol. The average Bonchev–Trinajstić information content (AvgIpc) is 2.37. The second kappa shape index (κ2) is 6.53. The van der Waals surface area contributed by atoms with E-state index in [0.717, 1.165) is 25.7 Å². The Balaban J connectivity index is 2.32. The third-order valence-electron chi connectivity index (χ3n) is 4.37. The number of rotatable bonds is 4. The van der Waals surface area contributed by atoms with E-state index in [-0.39, 0.29) is 0 Å². The van der Waals surface area contributed by atoms with Crippen LogP contribution in [0.25, 0.3) is 0 Å². The second-order valence-corrected chi connectivity index (χ2v) is 5.93. The SMILES string of the molecule is CNCC(c1c(C)cc(C)cc1C)C1CCOCC1. The fourth-order valence-electron chi connectivity index (χ4n) is 3.62. The first kappa shape index (κ1) is 14.5. The van der Waals surface area contributed by atoms with Crippen molar-refractivity contribution in [3.05, 3.63) is 34.4 Å². The summed E-state index contributed by atoms with van der Waals surface area (Å²) in [7, 11) is 2.06. The van der Waals surface area contributed by atoms with Gasteiger partial charge in [-0.25, -0.2) is 0 Å². The molecule has 1 aromatic carbocycles. The number of aryl methyl sites for hydroxylation is 3. The second-order valence-electron chi connectivity index (χ2n) is 5.93. The summed E-state index contributed by atoms with van der Waals surface area (Å²) in [5.41, 5.74) is 5.83. The first-order valence-electron chi connectivity index (χ1n) is 7.43. The van der Waals surface area contributed by atoms with Crippen molar-refractivity contribution in [2.45, 2.75) is 39.5 Å². The quantitative estimate of drug-likeness (QED) is 0.897. The Labute approximate surface area is 117 Å². The van der Waals surface area contributed by atoms with E-state index < -0.39 is 0 Å². The van der Waals surface area contributed by atoms with Gasteiger partial charge in [0, 0.05) is 19.8 Å². The van der Waals surface area contributed by atoms with E-state index in [9.17, 15) is 0 Å². The van der Waals surface area contributed by atoms with Crippen LogP contribution in [0.1, 0.15) is 41.0 Å². The van der Waals surface area contributed by atoms with E-state index in [1.54, 1.807) is 5.56 Å². The highest BCUT2D eigenvalue weighted by atomic mass is 16.5. The zero-order valence-electron chi connectivity index (χ0n) is 12.8. The zero-order chi connectivity index (χ0) is 13.8. The van der Waals surface area contributed by atoms with E-state index in [2.05, 4.69) is 45.3 Å². The van der Waals surface area contributed by atoms with Gasteiger partial charge in [0.05, 0.1) is 0 Å². The number of likely N-dealkylation sites (N-methyl/N-ethyl adjacent to an activating group) is 1. The molecule has 0 saturated carbocycles. The van der Waals surface area contributed by atoms with Gasteiger partial charge in [-0.1, -0.05) is 17.7 Å². The van der Waals surface area contributed by atoms with Gasteiger partial charge >= 0.3 is 0 Å². The molecule has 1 saturated heterocycles. The van der Waals surface area contributed by atoms with Gasteiger partial charge in [0.1, 0.15) is 0 Å². The lowest BCUT2D eigenvalue weighted by molar-refractivity contribution is 0.0577. The van der Waals surface area contributed by atoms with Crippen molar-refractivity contribution < 1.29 is 4.74 Å². The molecule has 1 aromatic rings. The van der Waals surface area contributed by atoms with Gasteiger partial charge in [-0.05, 0) is 69.2 Å². The van der Waals surface area contributed by atoms with Crippen LogP contribution in [0.15, 0.2) is 12.1 Å². The molecule has 0 radical (unpaired) electrons. The molecular formula is C17H27NO. The molecule has 1 atom stereocenters. The van der Waals surface area contributed by atoms with Gasteiger partial charge in [0.15, 0.2) is 0 Å². The Morgan fingerprint density at radius 2 is 1.74 bits per heavy atom. The lowest BCUT2D eigenvalue weighted by Gasteiger charge is -2.32. The summed E-state index contributed by atoms with van der Waals surface area (Å²) in [5, 5.41) is 3.39. The Bertz CT molecular complexity index is 398. The van der Waals surface area contributed by atoms with E-state index in [1.807, 2.05) is 0 Å². The van der Waals surface area contributed by atoms with Gasteiger partial charge in [-0.15, -0.1) is 0 Å². The molecule has 1 N–H and O–H groups in total. The summed E-state index contributed by atoms with van der Waals surface area (Å²) in [6, 6.07) is 4.65. The highest BCUT2D eigenvalue weighted by Gasteiger charge is 2.27. The summed E-state index contributed by atoms with van der Waals surface area (Å²) in [6.07, 6.45) is 2.39. The molecule has 0 bridgehead atoms. The number of hydrogen-bond donors (Lipinski definition) is 1. The monoisotopic (exact) mass is 261 g/mol. The Kier molecular flexibility index (Phi) is 5.00. The molecule has 19 heavy (non-hydrogen) atoms. The van der Waals surface area contributed by atoms with Crippen molar-refractivity contribution in [3.63, 3.8) is 0 Å². The van der Waals surface area contributed by atoms with Crippen LogP contribution in [-0.4, -0.2) is 26.8 Å². The summed E-state index contributed by atoms with van der Waals surface area (Å²) >= 11 is 0. The van der Waals surface area contributed by atoms with Crippen LogP contribution in [0, 0.1) is 26.7 Å². The number of nitrogens with one attached hydrogen (secondary N) is 1. The summed E-state index contributed by atoms with van der Waals surface area (Å²) < 4.78 is 5.52. The third kappa shape index (κ3) is 3.37. The minimum absolute atomic E-state index is 0.620. The van der Waals surface area contributed by atoms with Crippen molar-refractivity contribution >= 4 is 0 Å². The molecule has 2 rings (SSSR count). The Hall–Kier alpha value is -0.860. The molecule has 2 heteroatoms. The fourth-order valence-corrected chi connectivity index (χ4v) is 3.62. The van der Waals surface area contributed by atoms with Crippen LogP contribution in [0.5, 0.6) is 0 Å². The molecule has 0 spiro atoms. The molecular weight excluding hydrogens is 234 g/mol. The number of benzene rings is 1. The lowest BCUT2D eigenvalue weighted by atomic mass is 9.77. The Morgan fingerprint density at radius 1 is 1.16 bits per heavy atom. The van der Waals surface area contributed by atoms with Crippen LogP contribution in [0.3, 0.4) is 0 Å². The lowest BCUT2D eigenvalue weighted by Crippen LogP contribution is -2.29. The van der Waals surface area contributed by atoms with Gasteiger partial charge in [0.25, 0.3) is 0 Å². The topological polar surface area (TPSA) is 21.3 Å². The largest absolute Gasteiger partial charge is 0.381 e. The van der Waals surface area contributed by atoms with Gasteiger partial charge in [0.2, 0.25) is 0 Å². The molecule has 1 unspecified atom stereocenters. The molecule has 1 aliphatic rings. The van der Waals surface area contributed by atoms with Crippen molar-refractivity contribution in [1.82, 2.24) is 5.32 Å². The van der Waals surface area contributed by atoms with Crippen molar-refractivity contribution in [3.8, 4) is 0 Å². The zero-order valence-corrected chi connectivity index (χ0v) is 12.8.